The molecule has 1 unspecified atom stereocenters. The molecular formula is C13H24N2. The standard InChI is InChI=1S/C13H24N2/c1-9(14)8-15-13-5-10-2-11(6-13)4-12(3-10)7-13/h9-12,15H,2-8,14H2,1H3. The summed E-state index contributed by atoms with van der Waals surface area (Å²) in [5.41, 5.74) is 6.36. The highest BCUT2D eigenvalue weighted by Gasteiger charge is 2.50. The molecule has 4 saturated carbocycles. The van der Waals surface area contributed by atoms with Gasteiger partial charge >= 0.3 is 0 Å². The summed E-state index contributed by atoms with van der Waals surface area (Å²) in [7, 11) is 0. The zero-order valence-electron chi connectivity index (χ0n) is 9.84. The molecule has 1 atom stereocenters. The molecule has 2 heteroatoms. The second kappa shape index (κ2) is 3.46. The minimum absolute atomic E-state index is 0.304. The molecule has 0 heterocycles. The van der Waals surface area contributed by atoms with E-state index >= 15 is 0 Å². The molecule has 4 aliphatic rings. The number of rotatable bonds is 3. The maximum absolute atomic E-state index is 5.86. The Hall–Kier alpha value is -0.0800. The van der Waals surface area contributed by atoms with E-state index < -0.39 is 0 Å². The zero-order valence-corrected chi connectivity index (χ0v) is 9.84. The zero-order chi connectivity index (χ0) is 10.5. The van der Waals surface area contributed by atoms with E-state index in [0.29, 0.717) is 11.6 Å². The first-order chi connectivity index (χ1) is 7.15. The predicted octanol–water partition coefficient (Wildman–Crippen LogP) is 1.89. The first kappa shape index (κ1) is 10.1. The third-order valence-corrected chi connectivity index (χ3v) is 4.84. The SMILES string of the molecule is CC(N)CNC12CC3CC(CC(C3)C1)C2. The van der Waals surface area contributed by atoms with Crippen LogP contribution in [0.25, 0.3) is 0 Å². The molecule has 0 aliphatic heterocycles. The molecule has 4 aliphatic carbocycles. The summed E-state index contributed by atoms with van der Waals surface area (Å²) in [6, 6.07) is 0.304. The fraction of sp³-hybridized carbons (Fsp3) is 1.00. The molecule has 0 saturated heterocycles. The van der Waals surface area contributed by atoms with Gasteiger partial charge in [0, 0.05) is 18.1 Å². The molecular weight excluding hydrogens is 184 g/mol. The molecule has 4 fully saturated rings. The summed E-state index contributed by atoms with van der Waals surface area (Å²) in [6.45, 7) is 3.11. The van der Waals surface area contributed by atoms with E-state index in [9.17, 15) is 0 Å². The third-order valence-electron chi connectivity index (χ3n) is 4.84. The van der Waals surface area contributed by atoms with Gasteiger partial charge < -0.3 is 11.1 Å². The highest BCUT2D eigenvalue weighted by atomic mass is 15.0. The van der Waals surface area contributed by atoms with Crippen LogP contribution < -0.4 is 11.1 Å². The molecule has 0 spiro atoms. The molecule has 0 aromatic rings. The van der Waals surface area contributed by atoms with Crippen LogP contribution >= 0.6 is 0 Å². The van der Waals surface area contributed by atoms with Crippen molar-refractivity contribution in [3.8, 4) is 0 Å². The molecule has 4 bridgehead atoms. The molecule has 86 valence electrons. The van der Waals surface area contributed by atoms with E-state index in [0.717, 1.165) is 24.3 Å². The highest BCUT2D eigenvalue weighted by Crippen LogP contribution is 2.55. The minimum Gasteiger partial charge on any atom is -0.327 e. The Kier molecular flexibility index (Phi) is 2.33. The van der Waals surface area contributed by atoms with Crippen LogP contribution in [0.2, 0.25) is 0 Å². The van der Waals surface area contributed by atoms with Crippen LogP contribution in [0.15, 0.2) is 0 Å². The van der Waals surface area contributed by atoms with Gasteiger partial charge in [-0.15, -0.1) is 0 Å². The second-order valence-electron chi connectivity index (χ2n) is 6.56. The molecule has 0 aromatic heterocycles. The first-order valence-electron chi connectivity index (χ1n) is 6.66. The van der Waals surface area contributed by atoms with Gasteiger partial charge in [0.05, 0.1) is 0 Å². The fourth-order valence-corrected chi connectivity index (χ4v) is 4.70. The maximum atomic E-state index is 5.86. The second-order valence-corrected chi connectivity index (χ2v) is 6.56. The Morgan fingerprint density at radius 1 is 1.13 bits per heavy atom. The summed E-state index contributed by atoms with van der Waals surface area (Å²) >= 11 is 0. The van der Waals surface area contributed by atoms with Gasteiger partial charge in [-0.25, -0.2) is 0 Å². The number of hydrogen-bond donors (Lipinski definition) is 2. The smallest absolute Gasteiger partial charge is 0.0190 e. The van der Waals surface area contributed by atoms with Crippen molar-refractivity contribution in [1.82, 2.24) is 5.32 Å². The average Bonchev–Trinajstić information content (AvgIpc) is 2.12. The summed E-state index contributed by atoms with van der Waals surface area (Å²) in [4.78, 5) is 0. The Morgan fingerprint density at radius 2 is 1.60 bits per heavy atom. The van der Waals surface area contributed by atoms with Crippen LogP contribution in [0.4, 0.5) is 0 Å². The lowest BCUT2D eigenvalue weighted by Gasteiger charge is -2.57. The fourth-order valence-electron chi connectivity index (χ4n) is 4.70. The van der Waals surface area contributed by atoms with Crippen molar-refractivity contribution in [3.63, 3.8) is 0 Å². The van der Waals surface area contributed by atoms with Gasteiger partial charge in [0.25, 0.3) is 0 Å². The van der Waals surface area contributed by atoms with Gasteiger partial charge in [0.15, 0.2) is 0 Å². The van der Waals surface area contributed by atoms with Crippen LogP contribution in [0, 0.1) is 17.8 Å². The quantitative estimate of drug-likeness (QED) is 0.743. The molecule has 15 heavy (non-hydrogen) atoms. The van der Waals surface area contributed by atoms with Gasteiger partial charge in [-0.3, -0.25) is 0 Å². The topological polar surface area (TPSA) is 38.0 Å². The van der Waals surface area contributed by atoms with Crippen molar-refractivity contribution in [2.75, 3.05) is 6.54 Å². The van der Waals surface area contributed by atoms with Crippen molar-refractivity contribution in [2.24, 2.45) is 23.5 Å². The highest BCUT2D eigenvalue weighted by molar-refractivity contribution is 5.06. The Morgan fingerprint density at radius 3 is 2.00 bits per heavy atom. The van der Waals surface area contributed by atoms with Crippen LogP contribution in [-0.4, -0.2) is 18.1 Å². The van der Waals surface area contributed by atoms with Crippen LogP contribution in [0.5, 0.6) is 0 Å². The molecule has 0 radical (unpaired) electrons. The lowest BCUT2D eigenvalue weighted by molar-refractivity contribution is -0.0199. The molecule has 0 amide bonds. The third kappa shape index (κ3) is 1.83. The van der Waals surface area contributed by atoms with Crippen LogP contribution in [0.3, 0.4) is 0 Å². The first-order valence-corrected chi connectivity index (χ1v) is 6.66. The maximum Gasteiger partial charge on any atom is 0.0190 e. The average molecular weight is 208 g/mol. The number of hydrogen-bond acceptors (Lipinski definition) is 2. The van der Waals surface area contributed by atoms with E-state index in [1.165, 1.54) is 38.5 Å². The van der Waals surface area contributed by atoms with E-state index in [1.807, 2.05) is 0 Å². The lowest BCUT2D eigenvalue weighted by atomic mass is 9.53. The van der Waals surface area contributed by atoms with Crippen molar-refractivity contribution < 1.29 is 0 Å². The Labute approximate surface area is 93.0 Å². The number of nitrogens with one attached hydrogen (secondary N) is 1. The van der Waals surface area contributed by atoms with Crippen molar-refractivity contribution in [2.45, 2.75) is 57.0 Å². The van der Waals surface area contributed by atoms with Crippen molar-refractivity contribution >= 4 is 0 Å². The molecule has 4 rings (SSSR count). The van der Waals surface area contributed by atoms with Gasteiger partial charge in [-0.2, -0.15) is 0 Å². The molecule has 2 nitrogen and oxygen atoms in total. The van der Waals surface area contributed by atoms with Gasteiger partial charge in [-0.05, 0) is 63.2 Å². The molecule has 0 aromatic carbocycles. The summed E-state index contributed by atoms with van der Waals surface area (Å²) in [5, 5.41) is 3.80. The Bertz CT molecular complexity index is 212. The lowest BCUT2D eigenvalue weighted by Crippen LogP contribution is -2.59. The van der Waals surface area contributed by atoms with Crippen molar-refractivity contribution in [3.05, 3.63) is 0 Å². The van der Waals surface area contributed by atoms with Crippen LogP contribution in [-0.2, 0) is 0 Å². The summed E-state index contributed by atoms with van der Waals surface area (Å²) < 4.78 is 0. The van der Waals surface area contributed by atoms with E-state index in [4.69, 9.17) is 5.73 Å². The largest absolute Gasteiger partial charge is 0.327 e. The van der Waals surface area contributed by atoms with E-state index in [1.54, 1.807) is 0 Å². The van der Waals surface area contributed by atoms with Gasteiger partial charge in [0.2, 0.25) is 0 Å². The van der Waals surface area contributed by atoms with E-state index in [-0.39, 0.29) is 0 Å². The minimum atomic E-state index is 0.304. The normalized spacial score (nSPS) is 49.6. The number of nitrogens with two attached hydrogens (primary N) is 1. The van der Waals surface area contributed by atoms with Gasteiger partial charge in [-0.1, -0.05) is 0 Å². The summed E-state index contributed by atoms with van der Waals surface area (Å²) in [5.74, 6) is 3.12. The van der Waals surface area contributed by atoms with Gasteiger partial charge in [0.1, 0.15) is 0 Å². The van der Waals surface area contributed by atoms with Crippen molar-refractivity contribution in [1.29, 1.82) is 0 Å². The van der Waals surface area contributed by atoms with Crippen LogP contribution in [0.1, 0.15) is 45.4 Å². The predicted molar refractivity (Wildman–Crippen MR) is 62.6 cm³/mol. The summed E-state index contributed by atoms with van der Waals surface area (Å²) in [6.07, 6.45) is 8.89. The van der Waals surface area contributed by atoms with E-state index in [2.05, 4.69) is 12.2 Å². The monoisotopic (exact) mass is 208 g/mol. The Balaban J connectivity index is 1.70. The molecule has 3 N–H and O–H groups in total.